The van der Waals surface area contributed by atoms with Gasteiger partial charge in [0.1, 0.15) is 11.2 Å². The first kappa shape index (κ1) is 19.4. The topological polar surface area (TPSA) is 63.6 Å². The summed E-state index contributed by atoms with van der Waals surface area (Å²) >= 11 is 5.95. The number of H-pyrrole nitrogens is 1. The fraction of sp³-hybridized carbons (Fsp3) is 0.261. The van der Waals surface area contributed by atoms with E-state index in [0.29, 0.717) is 28.3 Å². The molecule has 5 nitrogen and oxygen atoms in total. The van der Waals surface area contributed by atoms with Crippen LogP contribution < -0.4 is 5.56 Å². The minimum absolute atomic E-state index is 0.151. The quantitative estimate of drug-likeness (QED) is 0.472. The molecule has 0 fully saturated rings. The molecule has 4 rings (SSSR count). The van der Waals surface area contributed by atoms with Crippen molar-refractivity contribution in [3.8, 4) is 0 Å². The Morgan fingerprint density at radius 1 is 1.07 bits per heavy atom. The Labute approximate surface area is 174 Å². The van der Waals surface area contributed by atoms with E-state index >= 15 is 0 Å². The van der Waals surface area contributed by atoms with Gasteiger partial charge in [-0.1, -0.05) is 54.1 Å². The molecule has 2 heterocycles. The fourth-order valence-electron chi connectivity index (χ4n) is 3.55. The van der Waals surface area contributed by atoms with Crippen LogP contribution in [0.3, 0.4) is 0 Å². The van der Waals surface area contributed by atoms with Gasteiger partial charge in [0, 0.05) is 11.4 Å². The zero-order valence-electron chi connectivity index (χ0n) is 16.3. The molecule has 1 unspecified atom stereocenters. The number of aromatic nitrogens is 4. The number of hydrogen-bond acceptors (Lipinski definition) is 3. The predicted octanol–water partition coefficient (Wildman–Crippen LogP) is 4.95. The van der Waals surface area contributed by atoms with Crippen molar-refractivity contribution in [2.75, 3.05) is 0 Å². The van der Waals surface area contributed by atoms with Gasteiger partial charge >= 0.3 is 0 Å². The second-order valence-corrected chi connectivity index (χ2v) is 7.81. The highest BCUT2D eigenvalue weighted by molar-refractivity contribution is 6.30. The van der Waals surface area contributed by atoms with Gasteiger partial charge in [-0.05, 0) is 49.4 Å². The van der Waals surface area contributed by atoms with E-state index in [1.807, 2.05) is 35.0 Å². The minimum Gasteiger partial charge on any atom is -0.310 e. The maximum Gasteiger partial charge on any atom is 0.262 e. The van der Waals surface area contributed by atoms with Crippen LogP contribution in [-0.4, -0.2) is 19.7 Å². The van der Waals surface area contributed by atoms with Crippen molar-refractivity contribution in [2.45, 2.75) is 38.6 Å². The smallest absolute Gasteiger partial charge is 0.262 e. The summed E-state index contributed by atoms with van der Waals surface area (Å²) in [6.07, 6.45) is 5.19. The van der Waals surface area contributed by atoms with Gasteiger partial charge in [-0.3, -0.25) is 4.79 Å². The summed E-state index contributed by atoms with van der Waals surface area (Å²) in [5, 5.41) is 5.67. The lowest BCUT2D eigenvalue weighted by Gasteiger charge is -2.13. The van der Waals surface area contributed by atoms with E-state index in [-0.39, 0.29) is 11.6 Å². The van der Waals surface area contributed by atoms with Gasteiger partial charge in [-0.2, -0.15) is 5.10 Å². The number of nitrogens with zero attached hydrogens (tertiary/aromatic N) is 3. The molecular formula is C23H23ClN4O. The Kier molecular flexibility index (Phi) is 5.76. The van der Waals surface area contributed by atoms with Crippen molar-refractivity contribution < 1.29 is 0 Å². The zero-order chi connectivity index (χ0) is 20.2. The summed E-state index contributed by atoms with van der Waals surface area (Å²) in [7, 11) is 0. The first-order valence-corrected chi connectivity index (χ1v) is 10.2. The number of aromatic amines is 1. The van der Waals surface area contributed by atoms with Crippen LogP contribution >= 0.6 is 11.6 Å². The van der Waals surface area contributed by atoms with E-state index in [1.54, 1.807) is 6.20 Å². The highest BCUT2D eigenvalue weighted by Crippen LogP contribution is 2.19. The van der Waals surface area contributed by atoms with E-state index in [9.17, 15) is 4.79 Å². The van der Waals surface area contributed by atoms with Crippen LogP contribution in [0.25, 0.3) is 11.0 Å². The third-order valence-electron chi connectivity index (χ3n) is 5.14. The maximum absolute atomic E-state index is 12.5. The summed E-state index contributed by atoms with van der Waals surface area (Å²) < 4.78 is 1.88. The van der Waals surface area contributed by atoms with Crippen molar-refractivity contribution in [1.29, 1.82) is 0 Å². The van der Waals surface area contributed by atoms with Crippen LogP contribution in [0.5, 0.6) is 0 Å². The molecule has 29 heavy (non-hydrogen) atoms. The van der Waals surface area contributed by atoms with Gasteiger partial charge in [-0.15, -0.1) is 0 Å². The largest absolute Gasteiger partial charge is 0.310 e. The molecule has 0 saturated heterocycles. The first-order chi connectivity index (χ1) is 14.1. The highest BCUT2D eigenvalue weighted by Gasteiger charge is 2.15. The van der Waals surface area contributed by atoms with E-state index in [2.05, 4.69) is 41.3 Å². The van der Waals surface area contributed by atoms with Crippen LogP contribution in [-0.2, 0) is 12.8 Å². The van der Waals surface area contributed by atoms with Crippen LogP contribution in [0.4, 0.5) is 0 Å². The summed E-state index contributed by atoms with van der Waals surface area (Å²) in [6, 6.07) is 18.2. The fourth-order valence-corrected chi connectivity index (χ4v) is 3.68. The van der Waals surface area contributed by atoms with Crippen molar-refractivity contribution in [2.24, 2.45) is 0 Å². The molecule has 4 aromatic rings. The Morgan fingerprint density at radius 3 is 2.59 bits per heavy atom. The predicted molar refractivity (Wildman–Crippen MR) is 116 cm³/mol. The number of aryl methyl sites for hydroxylation is 1. The monoisotopic (exact) mass is 406 g/mol. The lowest BCUT2D eigenvalue weighted by Crippen LogP contribution is -2.14. The average molecular weight is 407 g/mol. The molecule has 0 radical (unpaired) electrons. The molecular weight excluding hydrogens is 384 g/mol. The number of rotatable bonds is 7. The molecule has 6 heteroatoms. The second-order valence-electron chi connectivity index (χ2n) is 7.37. The molecule has 0 spiro atoms. The summed E-state index contributed by atoms with van der Waals surface area (Å²) in [5.41, 5.74) is 2.87. The molecule has 2 aromatic carbocycles. The maximum atomic E-state index is 12.5. The lowest BCUT2D eigenvalue weighted by atomic mass is 10.1. The van der Waals surface area contributed by atoms with Crippen LogP contribution in [0.15, 0.2) is 65.6 Å². The first-order valence-electron chi connectivity index (χ1n) is 9.85. The van der Waals surface area contributed by atoms with E-state index in [4.69, 9.17) is 16.6 Å². The zero-order valence-corrected chi connectivity index (χ0v) is 17.1. The second kappa shape index (κ2) is 8.62. The Balaban J connectivity index is 1.52. The molecule has 0 aliphatic heterocycles. The van der Waals surface area contributed by atoms with Crippen molar-refractivity contribution in [1.82, 2.24) is 19.7 Å². The van der Waals surface area contributed by atoms with Crippen molar-refractivity contribution in [3.05, 3.63) is 93.1 Å². The third-order valence-corrected chi connectivity index (χ3v) is 5.40. The molecule has 0 bridgehead atoms. The van der Waals surface area contributed by atoms with Crippen LogP contribution in [0.2, 0.25) is 5.02 Å². The van der Waals surface area contributed by atoms with Gasteiger partial charge in [0.05, 0.1) is 12.2 Å². The molecule has 2 aromatic heterocycles. The lowest BCUT2D eigenvalue weighted by molar-refractivity contribution is 0.456. The number of nitrogens with one attached hydrogen (secondary N) is 1. The summed E-state index contributed by atoms with van der Waals surface area (Å²) in [4.78, 5) is 20.1. The van der Waals surface area contributed by atoms with Crippen molar-refractivity contribution >= 4 is 22.6 Å². The average Bonchev–Trinajstić information content (AvgIpc) is 3.15. The Bertz CT molecular complexity index is 1150. The number of halogens is 1. The van der Waals surface area contributed by atoms with E-state index in [0.717, 1.165) is 24.8 Å². The van der Waals surface area contributed by atoms with E-state index in [1.165, 1.54) is 5.56 Å². The number of fused-ring (bicyclic) bond motifs is 1. The molecule has 0 saturated carbocycles. The Morgan fingerprint density at radius 2 is 1.83 bits per heavy atom. The van der Waals surface area contributed by atoms with Gasteiger partial charge in [0.25, 0.3) is 5.56 Å². The van der Waals surface area contributed by atoms with Gasteiger partial charge in [0.2, 0.25) is 0 Å². The normalized spacial score (nSPS) is 12.3. The van der Waals surface area contributed by atoms with E-state index < -0.39 is 0 Å². The Hall–Kier alpha value is -2.92. The number of hydrogen-bond donors (Lipinski definition) is 1. The molecule has 0 aliphatic carbocycles. The standard InChI is InChI=1S/C23H23ClN4O/c1-16(6-5-9-17-7-3-2-4-8-17)28-22-20(15-25-28)23(29)27-21(26-22)14-18-10-12-19(24)13-11-18/h2-4,7-8,10-13,15-16H,5-6,9,14H2,1H3,(H,26,27,29). The third kappa shape index (κ3) is 4.57. The SMILES string of the molecule is CC(CCCc1ccccc1)n1ncc2c(=O)[nH]c(Cc3ccc(Cl)cc3)nc21. The van der Waals surface area contributed by atoms with Gasteiger partial charge in [0.15, 0.2) is 5.65 Å². The molecule has 0 aliphatic rings. The molecule has 1 atom stereocenters. The van der Waals surface area contributed by atoms with Crippen molar-refractivity contribution in [3.63, 3.8) is 0 Å². The van der Waals surface area contributed by atoms with Gasteiger partial charge in [-0.25, -0.2) is 9.67 Å². The number of benzene rings is 2. The minimum atomic E-state index is -0.151. The van der Waals surface area contributed by atoms with Crippen LogP contribution in [0.1, 0.15) is 42.8 Å². The molecule has 1 N–H and O–H groups in total. The molecule has 0 amide bonds. The van der Waals surface area contributed by atoms with Gasteiger partial charge < -0.3 is 4.98 Å². The molecule has 148 valence electrons. The highest BCUT2D eigenvalue weighted by atomic mass is 35.5. The summed E-state index contributed by atoms with van der Waals surface area (Å²) in [6.45, 7) is 2.12. The summed E-state index contributed by atoms with van der Waals surface area (Å²) in [5.74, 6) is 0.628. The van der Waals surface area contributed by atoms with Crippen LogP contribution in [0, 0.1) is 0 Å².